The smallest absolute Gasteiger partial charge is 0.192 e. The lowest BCUT2D eigenvalue weighted by Gasteiger charge is -2.31. The molecule has 3 nitrogen and oxygen atoms in total. The molecule has 2 heterocycles. The molecule has 94 valence electrons. The summed E-state index contributed by atoms with van der Waals surface area (Å²) in [5.41, 5.74) is 5.99. The second-order valence-corrected chi connectivity index (χ2v) is 7.41. The fraction of sp³-hybridized carbons (Fsp3) is 0.545. The number of thiophene rings is 1. The molecule has 0 fully saturated rings. The van der Waals surface area contributed by atoms with E-state index in [9.17, 15) is 0 Å². The number of halogens is 2. The Morgan fingerprint density at radius 3 is 2.88 bits per heavy atom. The zero-order chi connectivity index (χ0) is 12.6. The van der Waals surface area contributed by atoms with Crippen molar-refractivity contribution in [2.75, 3.05) is 6.54 Å². The van der Waals surface area contributed by atoms with Crippen molar-refractivity contribution in [2.45, 2.75) is 32.4 Å². The van der Waals surface area contributed by atoms with E-state index in [0.29, 0.717) is 12.0 Å². The van der Waals surface area contributed by atoms with Crippen LogP contribution in [0.1, 0.15) is 31.2 Å². The predicted octanol–water partition coefficient (Wildman–Crippen LogP) is 3.74. The molecular formula is C11H15Br2N3S. The third-order valence-electron chi connectivity index (χ3n) is 3.08. The zero-order valence-corrected chi connectivity index (χ0v) is 13.8. The minimum Gasteiger partial charge on any atom is -0.370 e. The summed E-state index contributed by atoms with van der Waals surface area (Å²) in [6.07, 6.45) is 1.07. The predicted molar refractivity (Wildman–Crippen MR) is 80.5 cm³/mol. The Bertz CT molecular complexity index is 424. The average molecular weight is 381 g/mol. The van der Waals surface area contributed by atoms with E-state index < -0.39 is 0 Å². The molecule has 2 N–H and O–H groups in total. The topological polar surface area (TPSA) is 41.6 Å². The van der Waals surface area contributed by atoms with Crippen molar-refractivity contribution < 1.29 is 0 Å². The average Bonchev–Trinajstić information content (AvgIpc) is 2.82. The highest BCUT2D eigenvalue weighted by Gasteiger charge is 2.31. The van der Waals surface area contributed by atoms with E-state index in [1.165, 1.54) is 4.88 Å². The highest BCUT2D eigenvalue weighted by molar-refractivity contribution is 9.13. The molecule has 2 rings (SSSR count). The third kappa shape index (κ3) is 2.53. The van der Waals surface area contributed by atoms with Crippen molar-refractivity contribution in [2.24, 2.45) is 10.7 Å². The van der Waals surface area contributed by atoms with Gasteiger partial charge in [0.15, 0.2) is 5.96 Å². The van der Waals surface area contributed by atoms with Gasteiger partial charge in [0.25, 0.3) is 0 Å². The molecule has 0 spiro atoms. The van der Waals surface area contributed by atoms with E-state index in [1.54, 1.807) is 11.3 Å². The lowest BCUT2D eigenvalue weighted by atomic mass is 10.1. The van der Waals surface area contributed by atoms with Crippen molar-refractivity contribution in [1.29, 1.82) is 0 Å². The van der Waals surface area contributed by atoms with Gasteiger partial charge in [-0.15, -0.1) is 11.3 Å². The monoisotopic (exact) mass is 379 g/mol. The van der Waals surface area contributed by atoms with E-state index >= 15 is 0 Å². The summed E-state index contributed by atoms with van der Waals surface area (Å²) in [5.74, 6) is 0.671. The van der Waals surface area contributed by atoms with Crippen molar-refractivity contribution in [3.63, 3.8) is 0 Å². The van der Waals surface area contributed by atoms with Crippen molar-refractivity contribution >= 4 is 49.2 Å². The maximum absolute atomic E-state index is 5.99. The van der Waals surface area contributed by atoms with Crippen molar-refractivity contribution in [3.8, 4) is 0 Å². The zero-order valence-electron chi connectivity index (χ0n) is 9.78. The van der Waals surface area contributed by atoms with E-state index in [1.807, 2.05) is 0 Å². The summed E-state index contributed by atoms with van der Waals surface area (Å²) in [6, 6.07) is 2.87. The van der Waals surface area contributed by atoms with Gasteiger partial charge in [-0.1, -0.05) is 6.92 Å². The summed E-state index contributed by atoms with van der Waals surface area (Å²) in [5, 5.41) is 0. The van der Waals surface area contributed by atoms with Crippen LogP contribution in [0.4, 0.5) is 0 Å². The molecule has 1 aromatic heterocycles. The maximum Gasteiger partial charge on any atom is 0.192 e. The summed E-state index contributed by atoms with van der Waals surface area (Å²) in [4.78, 5) is 7.91. The largest absolute Gasteiger partial charge is 0.370 e. The van der Waals surface area contributed by atoms with Gasteiger partial charge in [-0.05, 0) is 51.3 Å². The summed E-state index contributed by atoms with van der Waals surface area (Å²) in [7, 11) is 0. The van der Waals surface area contributed by atoms with Crippen LogP contribution in [0.2, 0.25) is 0 Å². The molecule has 0 aromatic carbocycles. The number of rotatable bonds is 3. The normalized spacial score (nSPS) is 21.8. The Balaban J connectivity index is 2.27. The van der Waals surface area contributed by atoms with Gasteiger partial charge in [0.05, 0.1) is 16.4 Å². The lowest BCUT2D eigenvalue weighted by Crippen LogP contribution is -2.41. The number of hydrogen-bond acceptors (Lipinski definition) is 4. The second-order valence-electron chi connectivity index (χ2n) is 4.15. The van der Waals surface area contributed by atoms with Crippen LogP contribution in [0, 0.1) is 0 Å². The first-order chi connectivity index (χ1) is 8.04. The van der Waals surface area contributed by atoms with Crippen LogP contribution in [-0.2, 0) is 0 Å². The van der Waals surface area contributed by atoms with Crippen LogP contribution >= 0.6 is 43.2 Å². The molecule has 2 atom stereocenters. The Hall–Kier alpha value is -0.0700. The highest BCUT2D eigenvalue weighted by atomic mass is 79.9. The van der Waals surface area contributed by atoms with E-state index in [2.05, 4.69) is 61.7 Å². The van der Waals surface area contributed by atoms with Crippen LogP contribution < -0.4 is 5.73 Å². The molecule has 2 unspecified atom stereocenters. The Kier molecular flexibility index (Phi) is 4.15. The summed E-state index contributed by atoms with van der Waals surface area (Å²) < 4.78 is 2.23. The number of hydrogen-bond donors (Lipinski definition) is 1. The van der Waals surface area contributed by atoms with Crippen LogP contribution in [-0.4, -0.2) is 23.4 Å². The molecule has 0 amide bonds. The fourth-order valence-electron chi connectivity index (χ4n) is 1.99. The fourth-order valence-corrected chi connectivity index (χ4v) is 4.17. The maximum atomic E-state index is 5.99. The lowest BCUT2D eigenvalue weighted by molar-refractivity contribution is 0.271. The second kappa shape index (κ2) is 5.28. The van der Waals surface area contributed by atoms with Crippen LogP contribution in [0.3, 0.4) is 0 Å². The van der Waals surface area contributed by atoms with E-state index in [0.717, 1.165) is 21.2 Å². The quantitative estimate of drug-likeness (QED) is 0.867. The molecule has 0 radical (unpaired) electrons. The number of nitrogens with zero attached hydrogens (tertiary/aromatic N) is 2. The van der Waals surface area contributed by atoms with Gasteiger partial charge in [-0.2, -0.15) is 0 Å². The van der Waals surface area contributed by atoms with Gasteiger partial charge in [-0.3, -0.25) is 4.99 Å². The molecule has 0 bridgehead atoms. The molecule has 6 heteroatoms. The van der Waals surface area contributed by atoms with Gasteiger partial charge in [-0.25, -0.2) is 0 Å². The number of guanidine groups is 1. The number of nitrogens with two attached hydrogens (primary N) is 1. The molecule has 0 saturated carbocycles. The molecular weight excluding hydrogens is 366 g/mol. The summed E-state index contributed by atoms with van der Waals surface area (Å²) in [6.45, 7) is 5.13. The molecule has 1 aromatic rings. The summed E-state index contributed by atoms with van der Waals surface area (Å²) >= 11 is 8.81. The Morgan fingerprint density at radius 1 is 1.65 bits per heavy atom. The standard InChI is InChI=1S/C11H15Br2N3S/c1-3-6(2)16-8(5-15-11(16)14)9-4-7(12)10(13)17-9/h4,6,8H,3,5H2,1-2H3,(H2,14,15). The molecule has 0 saturated heterocycles. The minimum absolute atomic E-state index is 0.289. The molecule has 17 heavy (non-hydrogen) atoms. The first-order valence-electron chi connectivity index (χ1n) is 5.57. The number of aliphatic imine (C=N–C) groups is 1. The minimum atomic E-state index is 0.289. The van der Waals surface area contributed by atoms with Gasteiger partial charge >= 0.3 is 0 Å². The van der Waals surface area contributed by atoms with Crippen molar-refractivity contribution in [1.82, 2.24) is 4.90 Å². The first-order valence-corrected chi connectivity index (χ1v) is 7.97. The molecule has 0 aliphatic carbocycles. The molecule has 1 aliphatic heterocycles. The van der Waals surface area contributed by atoms with Gasteiger partial charge in [0.1, 0.15) is 0 Å². The van der Waals surface area contributed by atoms with Gasteiger partial charge in [0, 0.05) is 15.4 Å². The van der Waals surface area contributed by atoms with Crippen LogP contribution in [0.15, 0.2) is 19.3 Å². The van der Waals surface area contributed by atoms with Gasteiger partial charge < -0.3 is 10.6 Å². The Morgan fingerprint density at radius 2 is 2.35 bits per heavy atom. The first kappa shape index (κ1) is 13.4. The highest BCUT2D eigenvalue weighted by Crippen LogP contribution is 2.39. The van der Waals surface area contributed by atoms with Crippen LogP contribution in [0.5, 0.6) is 0 Å². The van der Waals surface area contributed by atoms with E-state index in [-0.39, 0.29) is 6.04 Å². The Labute approximate surface area is 122 Å². The van der Waals surface area contributed by atoms with Crippen molar-refractivity contribution in [3.05, 3.63) is 19.2 Å². The van der Waals surface area contributed by atoms with Gasteiger partial charge in [0.2, 0.25) is 0 Å². The third-order valence-corrected chi connectivity index (χ3v) is 6.44. The van der Waals surface area contributed by atoms with Crippen LogP contribution in [0.25, 0.3) is 0 Å². The van der Waals surface area contributed by atoms with E-state index in [4.69, 9.17) is 5.73 Å². The SMILES string of the molecule is CCC(C)N1C(N)=NCC1c1cc(Br)c(Br)s1. The molecule has 1 aliphatic rings.